The zero-order valence-corrected chi connectivity index (χ0v) is 10.8. The molecule has 94 valence electrons. The van der Waals surface area contributed by atoms with Gasteiger partial charge in [0, 0.05) is 5.54 Å². The number of halogens is 2. The first-order chi connectivity index (χ1) is 8.11. The first-order valence-electron chi connectivity index (χ1n) is 6.32. The monoisotopic (exact) mass is 255 g/mol. The highest BCUT2D eigenvalue weighted by Crippen LogP contribution is 2.30. The van der Waals surface area contributed by atoms with Crippen molar-refractivity contribution >= 4 is 11.6 Å². The Morgan fingerprint density at radius 1 is 1.18 bits per heavy atom. The second-order valence-corrected chi connectivity index (χ2v) is 5.57. The average molecular weight is 256 g/mol. The predicted octanol–water partition coefficient (Wildman–Crippen LogP) is 4.07. The minimum absolute atomic E-state index is 0.194. The molecular formula is C14H19ClFN. The molecule has 1 aliphatic rings. The number of rotatable bonds is 2. The summed E-state index contributed by atoms with van der Waals surface area (Å²) in [5, 5.41) is 0.194. The average Bonchev–Trinajstić information content (AvgIpc) is 2.50. The molecule has 17 heavy (non-hydrogen) atoms. The van der Waals surface area contributed by atoms with E-state index in [1.807, 2.05) is 0 Å². The Morgan fingerprint density at radius 3 is 2.47 bits per heavy atom. The minimum atomic E-state index is -0.303. The van der Waals surface area contributed by atoms with Gasteiger partial charge in [0.15, 0.2) is 0 Å². The molecule has 2 rings (SSSR count). The highest BCUT2D eigenvalue weighted by molar-refractivity contribution is 6.30. The molecule has 1 aromatic rings. The number of nitrogens with two attached hydrogens (primary N) is 1. The Balaban J connectivity index is 2.15. The molecule has 0 aliphatic heterocycles. The zero-order valence-electron chi connectivity index (χ0n) is 10.0. The normalized spacial score (nSPS) is 19.9. The fraction of sp³-hybridized carbons (Fsp3) is 0.571. The second kappa shape index (κ2) is 5.36. The fourth-order valence-corrected chi connectivity index (χ4v) is 2.87. The van der Waals surface area contributed by atoms with E-state index in [1.54, 1.807) is 18.2 Å². The summed E-state index contributed by atoms with van der Waals surface area (Å²) in [4.78, 5) is 0. The quantitative estimate of drug-likeness (QED) is 0.792. The van der Waals surface area contributed by atoms with Crippen LogP contribution in [0.4, 0.5) is 4.39 Å². The van der Waals surface area contributed by atoms with E-state index in [0.29, 0.717) is 12.0 Å². The summed E-state index contributed by atoms with van der Waals surface area (Å²) in [6, 6.07) is 5.16. The Morgan fingerprint density at radius 2 is 1.82 bits per heavy atom. The molecule has 1 fully saturated rings. The topological polar surface area (TPSA) is 26.0 Å². The summed E-state index contributed by atoms with van der Waals surface area (Å²) in [6.45, 7) is 0. The molecule has 0 saturated heterocycles. The van der Waals surface area contributed by atoms with Gasteiger partial charge in [0.25, 0.3) is 0 Å². The van der Waals surface area contributed by atoms with Gasteiger partial charge >= 0.3 is 0 Å². The third kappa shape index (κ3) is 3.20. The van der Waals surface area contributed by atoms with Crippen LogP contribution in [0.15, 0.2) is 18.2 Å². The fourth-order valence-electron chi connectivity index (χ4n) is 2.67. The molecular weight excluding hydrogens is 237 g/mol. The van der Waals surface area contributed by atoms with Crippen LogP contribution in [-0.4, -0.2) is 5.54 Å². The van der Waals surface area contributed by atoms with Gasteiger partial charge in [0.1, 0.15) is 5.82 Å². The van der Waals surface area contributed by atoms with Gasteiger partial charge in [0.2, 0.25) is 0 Å². The molecule has 0 heterocycles. The van der Waals surface area contributed by atoms with E-state index in [-0.39, 0.29) is 16.4 Å². The van der Waals surface area contributed by atoms with Crippen LogP contribution >= 0.6 is 11.6 Å². The van der Waals surface area contributed by atoms with Gasteiger partial charge in [0.05, 0.1) is 5.02 Å². The third-order valence-corrected chi connectivity index (χ3v) is 3.97. The smallest absolute Gasteiger partial charge is 0.145 e. The predicted molar refractivity (Wildman–Crippen MR) is 69.7 cm³/mol. The second-order valence-electron chi connectivity index (χ2n) is 5.17. The van der Waals surface area contributed by atoms with E-state index in [4.69, 9.17) is 17.3 Å². The number of benzene rings is 1. The molecule has 0 aromatic heterocycles. The van der Waals surface area contributed by atoms with Crippen LogP contribution in [0.1, 0.15) is 44.1 Å². The van der Waals surface area contributed by atoms with Gasteiger partial charge in [-0.3, -0.25) is 0 Å². The van der Waals surface area contributed by atoms with Crippen LogP contribution in [0.25, 0.3) is 0 Å². The van der Waals surface area contributed by atoms with Crippen molar-refractivity contribution in [2.24, 2.45) is 5.73 Å². The maximum absolute atomic E-state index is 13.8. The molecule has 0 atom stereocenters. The summed E-state index contributed by atoms with van der Waals surface area (Å²) < 4.78 is 13.8. The maximum atomic E-state index is 13.8. The summed E-state index contributed by atoms with van der Waals surface area (Å²) >= 11 is 5.79. The maximum Gasteiger partial charge on any atom is 0.145 e. The Hall–Kier alpha value is -0.600. The summed E-state index contributed by atoms with van der Waals surface area (Å²) in [7, 11) is 0. The van der Waals surface area contributed by atoms with Crippen LogP contribution in [0.3, 0.4) is 0 Å². The third-order valence-electron chi connectivity index (χ3n) is 3.67. The first kappa shape index (κ1) is 12.8. The van der Waals surface area contributed by atoms with Crippen molar-refractivity contribution < 1.29 is 4.39 Å². The summed E-state index contributed by atoms with van der Waals surface area (Å²) in [6.07, 6.45) is 7.36. The number of hydrogen-bond acceptors (Lipinski definition) is 1. The Bertz CT molecular complexity index is 384. The number of hydrogen-bond donors (Lipinski definition) is 1. The molecule has 1 saturated carbocycles. The van der Waals surface area contributed by atoms with Crippen molar-refractivity contribution in [3.63, 3.8) is 0 Å². The molecule has 1 aromatic carbocycles. The molecule has 0 bridgehead atoms. The highest BCUT2D eigenvalue weighted by Gasteiger charge is 2.27. The van der Waals surface area contributed by atoms with E-state index in [9.17, 15) is 4.39 Å². The van der Waals surface area contributed by atoms with Crippen LogP contribution in [0.5, 0.6) is 0 Å². The van der Waals surface area contributed by atoms with Crippen LogP contribution in [0.2, 0.25) is 5.02 Å². The van der Waals surface area contributed by atoms with Crippen molar-refractivity contribution in [1.82, 2.24) is 0 Å². The van der Waals surface area contributed by atoms with Gasteiger partial charge < -0.3 is 5.73 Å². The van der Waals surface area contributed by atoms with E-state index in [1.165, 1.54) is 12.8 Å². The van der Waals surface area contributed by atoms with Crippen molar-refractivity contribution in [2.45, 2.75) is 50.5 Å². The molecule has 0 amide bonds. The van der Waals surface area contributed by atoms with E-state index >= 15 is 0 Å². The molecule has 3 heteroatoms. The Kier molecular flexibility index (Phi) is 4.05. The largest absolute Gasteiger partial charge is 0.325 e. The molecule has 2 N–H and O–H groups in total. The van der Waals surface area contributed by atoms with Crippen LogP contribution in [0, 0.1) is 5.82 Å². The molecule has 0 spiro atoms. The lowest BCUT2D eigenvalue weighted by atomic mass is 9.85. The first-order valence-corrected chi connectivity index (χ1v) is 6.70. The van der Waals surface area contributed by atoms with E-state index in [0.717, 1.165) is 25.7 Å². The summed E-state index contributed by atoms with van der Waals surface area (Å²) in [5.74, 6) is -0.303. The standard InChI is InChI=1S/C14H19ClFN/c15-12-7-5-6-11(13(12)16)10-14(17)8-3-1-2-4-9-14/h5-7H,1-4,8-10,17H2. The molecule has 0 unspecified atom stereocenters. The van der Waals surface area contributed by atoms with Crippen molar-refractivity contribution in [2.75, 3.05) is 0 Å². The lowest BCUT2D eigenvalue weighted by Gasteiger charge is -2.28. The van der Waals surface area contributed by atoms with Gasteiger partial charge in [-0.15, -0.1) is 0 Å². The van der Waals surface area contributed by atoms with Crippen molar-refractivity contribution in [3.05, 3.63) is 34.6 Å². The summed E-state index contributed by atoms with van der Waals surface area (Å²) in [5.41, 5.74) is 6.81. The minimum Gasteiger partial charge on any atom is -0.325 e. The van der Waals surface area contributed by atoms with Gasteiger partial charge in [-0.2, -0.15) is 0 Å². The molecule has 0 radical (unpaired) electrons. The van der Waals surface area contributed by atoms with Crippen molar-refractivity contribution in [1.29, 1.82) is 0 Å². The van der Waals surface area contributed by atoms with Crippen LogP contribution < -0.4 is 5.73 Å². The van der Waals surface area contributed by atoms with E-state index < -0.39 is 0 Å². The lowest BCUT2D eigenvalue weighted by Crippen LogP contribution is -2.41. The van der Waals surface area contributed by atoms with Gasteiger partial charge in [-0.25, -0.2) is 4.39 Å². The van der Waals surface area contributed by atoms with E-state index in [2.05, 4.69) is 0 Å². The van der Waals surface area contributed by atoms with Gasteiger partial charge in [-0.1, -0.05) is 49.4 Å². The molecule has 1 nitrogen and oxygen atoms in total. The molecule has 1 aliphatic carbocycles. The SMILES string of the molecule is NC1(Cc2cccc(Cl)c2F)CCCCCC1. The van der Waals surface area contributed by atoms with Crippen LogP contribution in [-0.2, 0) is 6.42 Å². The highest BCUT2D eigenvalue weighted by atomic mass is 35.5. The van der Waals surface area contributed by atoms with Crippen molar-refractivity contribution in [3.8, 4) is 0 Å². The Labute approximate surface area is 107 Å². The lowest BCUT2D eigenvalue weighted by molar-refractivity contribution is 0.364. The zero-order chi connectivity index (χ0) is 12.3. The van der Waals surface area contributed by atoms with Gasteiger partial charge in [-0.05, 0) is 30.9 Å².